The number of phenolic OH excluding ortho intramolecular Hbond substituents is 1. The molecule has 5 rings (SSSR count). The second-order valence-electron chi connectivity index (χ2n) is 20.2. The highest BCUT2D eigenvalue weighted by Crippen LogP contribution is 2.43. The fourth-order valence-electron chi connectivity index (χ4n) is 9.33. The van der Waals surface area contributed by atoms with E-state index in [-0.39, 0.29) is 34.4 Å². The lowest BCUT2D eigenvalue weighted by atomic mass is 9.68. The first-order valence-corrected chi connectivity index (χ1v) is 23.9. The summed E-state index contributed by atoms with van der Waals surface area (Å²) >= 11 is 0. The van der Waals surface area contributed by atoms with Gasteiger partial charge in [-0.1, -0.05) is 113 Å². The van der Waals surface area contributed by atoms with Crippen molar-refractivity contribution < 1.29 is 38.4 Å². The van der Waals surface area contributed by atoms with Gasteiger partial charge in [0.25, 0.3) is 0 Å². The van der Waals surface area contributed by atoms with Gasteiger partial charge in [-0.2, -0.15) is 0 Å². The Morgan fingerprint density at radius 1 is 0.565 bits per heavy atom. The van der Waals surface area contributed by atoms with Gasteiger partial charge in [0.05, 0.1) is 30.3 Å². The Morgan fingerprint density at radius 3 is 1.61 bits per heavy atom. The summed E-state index contributed by atoms with van der Waals surface area (Å²) in [6, 6.07) is 17.2. The molecule has 0 saturated heterocycles. The number of rotatable bonds is 20. The number of carbonyl (C=O) groups is 3. The summed E-state index contributed by atoms with van der Waals surface area (Å²) in [6.45, 7) is 15.4. The Morgan fingerprint density at radius 2 is 1.06 bits per heavy atom. The second kappa shape index (κ2) is 23.4. The fourth-order valence-corrected chi connectivity index (χ4v) is 9.33. The second-order valence-corrected chi connectivity index (χ2v) is 20.2. The molecule has 340 valence electrons. The number of esters is 3. The van der Waals surface area contributed by atoms with E-state index in [1.807, 2.05) is 41.5 Å². The summed E-state index contributed by atoms with van der Waals surface area (Å²) in [4.78, 5) is 38.8. The van der Waals surface area contributed by atoms with Crippen molar-refractivity contribution in [3.05, 3.63) is 82.9 Å². The molecule has 0 radical (unpaired) electrons. The summed E-state index contributed by atoms with van der Waals surface area (Å²) in [5.41, 5.74) is 1.78. The van der Waals surface area contributed by atoms with Crippen LogP contribution in [0.5, 0.6) is 23.0 Å². The first-order chi connectivity index (χ1) is 29.6. The minimum atomic E-state index is -0.470. The molecule has 0 unspecified atom stereocenters. The Bertz CT molecular complexity index is 1810. The van der Waals surface area contributed by atoms with Crippen molar-refractivity contribution in [1.29, 1.82) is 0 Å². The number of carbonyl (C=O) groups excluding carboxylic acids is 3. The molecular formula is C54H76O8. The van der Waals surface area contributed by atoms with E-state index >= 15 is 0 Å². The normalized spacial score (nSPS) is 19.4. The number of aromatic hydroxyl groups is 1. The Kier molecular flexibility index (Phi) is 18.4. The number of benzene rings is 3. The fraction of sp³-hybridized carbons (Fsp3) is 0.611. The molecule has 0 atom stereocenters. The van der Waals surface area contributed by atoms with E-state index in [2.05, 4.69) is 6.92 Å². The topological polar surface area (TPSA) is 108 Å². The van der Waals surface area contributed by atoms with Gasteiger partial charge in [0.15, 0.2) is 0 Å². The maximum absolute atomic E-state index is 13.0. The first-order valence-electron chi connectivity index (χ1n) is 23.9. The maximum Gasteiger partial charge on any atom is 0.343 e. The molecule has 2 aliphatic rings. The van der Waals surface area contributed by atoms with Crippen LogP contribution in [0.1, 0.15) is 196 Å². The van der Waals surface area contributed by atoms with E-state index in [0.29, 0.717) is 41.6 Å². The number of hydrogen-bond donors (Lipinski definition) is 1. The van der Waals surface area contributed by atoms with E-state index in [9.17, 15) is 19.5 Å². The molecule has 2 fully saturated rings. The summed E-state index contributed by atoms with van der Waals surface area (Å²) in [5.74, 6) is 3.30. The molecular weight excluding hydrogens is 777 g/mol. The molecule has 2 saturated carbocycles. The predicted molar refractivity (Wildman–Crippen MR) is 248 cm³/mol. The summed E-state index contributed by atoms with van der Waals surface area (Å²) in [7, 11) is 0. The standard InChI is InChI=1S/C54H76O8/c1-8-9-14-17-38-18-20-39(21-19-38)40-22-24-41(25-23-40)51(57)61-45-30-32-46(33-31-45)62-52(58)42-26-28-44(29-27-42)59-34-15-12-10-11-13-16-35-60-50(56)43-36-47(53(2,3)4)49(55)48(37-43)54(5,6)7/h26-33,36-41,55H,8-25,34-35H2,1-7H3. The van der Waals surface area contributed by atoms with Crippen LogP contribution in [0, 0.1) is 23.7 Å². The van der Waals surface area contributed by atoms with Gasteiger partial charge < -0.3 is 24.1 Å². The first kappa shape index (κ1) is 48.7. The van der Waals surface area contributed by atoms with Crippen LogP contribution in [0.4, 0.5) is 0 Å². The Balaban J connectivity index is 0.914. The van der Waals surface area contributed by atoms with E-state index in [1.165, 1.54) is 51.4 Å². The molecule has 3 aromatic rings. The van der Waals surface area contributed by atoms with E-state index in [1.54, 1.807) is 60.7 Å². The number of unbranched alkanes of at least 4 members (excludes halogenated alkanes) is 7. The maximum atomic E-state index is 13.0. The summed E-state index contributed by atoms with van der Waals surface area (Å²) in [5, 5.41) is 10.9. The third-order valence-electron chi connectivity index (χ3n) is 13.2. The predicted octanol–water partition coefficient (Wildman–Crippen LogP) is 13.9. The largest absolute Gasteiger partial charge is 0.507 e. The lowest BCUT2D eigenvalue weighted by molar-refractivity contribution is -0.140. The molecule has 8 nitrogen and oxygen atoms in total. The number of ether oxygens (including phenoxy) is 4. The zero-order chi connectivity index (χ0) is 44.7. The van der Waals surface area contributed by atoms with Crippen molar-refractivity contribution >= 4 is 17.9 Å². The average Bonchev–Trinajstić information content (AvgIpc) is 3.24. The minimum absolute atomic E-state index is 0.0481. The van der Waals surface area contributed by atoms with Gasteiger partial charge in [-0.25, -0.2) is 9.59 Å². The lowest BCUT2D eigenvalue weighted by Crippen LogP contribution is -2.30. The molecule has 0 heterocycles. The highest BCUT2D eigenvalue weighted by atomic mass is 16.5. The summed E-state index contributed by atoms with van der Waals surface area (Å²) in [6.07, 6.45) is 20.9. The third kappa shape index (κ3) is 14.9. The molecule has 0 bridgehead atoms. The van der Waals surface area contributed by atoms with E-state index in [4.69, 9.17) is 18.9 Å². The van der Waals surface area contributed by atoms with Gasteiger partial charge >= 0.3 is 17.9 Å². The molecule has 0 amide bonds. The van der Waals surface area contributed by atoms with Crippen LogP contribution in [-0.4, -0.2) is 36.2 Å². The zero-order valence-electron chi connectivity index (χ0n) is 39.0. The van der Waals surface area contributed by atoms with Crippen molar-refractivity contribution in [1.82, 2.24) is 0 Å². The number of hydrogen-bond acceptors (Lipinski definition) is 8. The molecule has 0 aromatic heterocycles. The van der Waals surface area contributed by atoms with Crippen LogP contribution in [0.25, 0.3) is 0 Å². The molecule has 8 heteroatoms. The molecule has 2 aliphatic carbocycles. The highest BCUT2D eigenvalue weighted by molar-refractivity contribution is 5.91. The van der Waals surface area contributed by atoms with Gasteiger partial charge in [-0.05, 0) is 141 Å². The Hall–Kier alpha value is -4.33. The number of phenols is 1. The van der Waals surface area contributed by atoms with Gasteiger partial charge in [-0.15, -0.1) is 0 Å². The molecule has 62 heavy (non-hydrogen) atoms. The SMILES string of the molecule is CCCCCC1CCC(C2CCC(C(=O)Oc3ccc(OC(=O)c4ccc(OCCCCCCCCOC(=O)c5cc(C(C)(C)C)c(O)c(C(C)(C)C)c5)cc4)cc3)CC2)CC1. The van der Waals surface area contributed by atoms with Gasteiger partial charge in [0.1, 0.15) is 23.0 Å². The van der Waals surface area contributed by atoms with Gasteiger partial charge in [-0.3, -0.25) is 4.79 Å². The average molecular weight is 853 g/mol. The van der Waals surface area contributed by atoms with Gasteiger partial charge in [0.2, 0.25) is 0 Å². The van der Waals surface area contributed by atoms with Crippen molar-refractivity contribution in [3.63, 3.8) is 0 Å². The van der Waals surface area contributed by atoms with Crippen LogP contribution in [0.3, 0.4) is 0 Å². The van der Waals surface area contributed by atoms with Crippen LogP contribution in [0.2, 0.25) is 0 Å². The van der Waals surface area contributed by atoms with Crippen LogP contribution < -0.4 is 14.2 Å². The monoisotopic (exact) mass is 853 g/mol. The smallest absolute Gasteiger partial charge is 0.343 e. The molecule has 0 aliphatic heterocycles. The molecule has 3 aromatic carbocycles. The summed E-state index contributed by atoms with van der Waals surface area (Å²) < 4.78 is 22.9. The molecule has 0 spiro atoms. The van der Waals surface area contributed by atoms with Gasteiger partial charge in [0, 0.05) is 11.1 Å². The van der Waals surface area contributed by atoms with Crippen molar-refractivity contribution in [3.8, 4) is 23.0 Å². The van der Waals surface area contributed by atoms with Crippen molar-refractivity contribution in [2.24, 2.45) is 23.7 Å². The van der Waals surface area contributed by atoms with Crippen LogP contribution in [0.15, 0.2) is 60.7 Å². The Labute approximate surface area is 372 Å². The minimum Gasteiger partial charge on any atom is -0.507 e. The lowest BCUT2D eigenvalue weighted by Gasteiger charge is -2.37. The quantitative estimate of drug-likeness (QED) is 0.0680. The van der Waals surface area contributed by atoms with Crippen LogP contribution in [-0.2, 0) is 20.4 Å². The highest BCUT2D eigenvalue weighted by Gasteiger charge is 2.34. The van der Waals surface area contributed by atoms with E-state index < -0.39 is 5.97 Å². The van der Waals surface area contributed by atoms with Crippen molar-refractivity contribution in [2.45, 2.75) is 175 Å². The van der Waals surface area contributed by atoms with E-state index in [0.717, 1.165) is 93.1 Å². The zero-order valence-corrected chi connectivity index (χ0v) is 39.0. The van der Waals surface area contributed by atoms with Crippen LogP contribution >= 0.6 is 0 Å². The third-order valence-corrected chi connectivity index (χ3v) is 13.2. The van der Waals surface area contributed by atoms with Crippen molar-refractivity contribution in [2.75, 3.05) is 13.2 Å². The molecule has 1 N–H and O–H groups in total.